The third kappa shape index (κ3) is 4.04. The first-order valence-corrected chi connectivity index (χ1v) is 9.37. The molecule has 2 heterocycles. The number of hydrogen-bond donors (Lipinski definition) is 0. The predicted molar refractivity (Wildman–Crippen MR) is 116 cm³/mol. The highest BCUT2D eigenvalue weighted by Crippen LogP contribution is 2.29. The molecule has 4 rings (SSSR count). The number of fused-ring (bicyclic) bond motifs is 1. The molecule has 1 aliphatic rings. The van der Waals surface area contributed by atoms with Gasteiger partial charge in [-0.15, -0.1) is 5.10 Å². The van der Waals surface area contributed by atoms with Crippen LogP contribution in [0.4, 0.5) is 5.69 Å². The van der Waals surface area contributed by atoms with Crippen molar-refractivity contribution in [3.63, 3.8) is 0 Å². The maximum atomic E-state index is 12.4. The first kappa shape index (κ1) is 20.0. The van der Waals surface area contributed by atoms with Gasteiger partial charge in [0.15, 0.2) is 17.2 Å². The van der Waals surface area contributed by atoms with Gasteiger partial charge in [0.25, 0.3) is 5.91 Å². The summed E-state index contributed by atoms with van der Waals surface area (Å²) in [5.74, 6) is -0.132. The average molecular weight is 414 g/mol. The molecule has 0 fully saturated rings. The van der Waals surface area contributed by atoms with E-state index in [4.69, 9.17) is 9.47 Å². The number of rotatable bonds is 5. The maximum absolute atomic E-state index is 12.4. The van der Waals surface area contributed by atoms with Crippen molar-refractivity contribution in [2.45, 2.75) is 0 Å². The fourth-order valence-electron chi connectivity index (χ4n) is 3.09. The molecule has 1 aliphatic heterocycles. The molecule has 0 unspecified atom stereocenters. The number of esters is 1. The van der Waals surface area contributed by atoms with Crippen molar-refractivity contribution in [3.8, 4) is 11.5 Å². The van der Waals surface area contributed by atoms with Crippen LogP contribution in [0.3, 0.4) is 0 Å². The zero-order chi connectivity index (χ0) is 21.8. The molecule has 2 aromatic carbocycles. The van der Waals surface area contributed by atoms with Crippen LogP contribution in [0.25, 0.3) is 0 Å². The highest BCUT2D eigenvalue weighted by atomic mass is 16.6. The highest BCUT2D eigenvalue weighted by molar-refractivity contribution is 6.54. The number of likely N-dealkylation sites (N-methyl/N-ethyl adjacent to an activating group) is 1. The first-order chi connectivity index (χ1) is 15.1. The number of amides is 1. The summed E-state index contributed by atoms with van der Waals surface area (Å²) in [6.45, 7) is 0. The minimum atomic E-state index is -0.540. The van der Waals surface area contributed by atoms with Crippen molar-refractivity contribution in [1.82, 2.24) is 4.98 Å². The Labute approximate surface area is 178 Å². The Morgan fingerprint density at radius 3 is 2.71 bits per heavy atom. The lowest BCUT2D eigenvalue weighted by molar-refractivity contribution is -0.111. The highest BCUT2D eigenvalue weighted by Gasteiger charge is 2.31. The van der Waals surface area contributed by atoms with E-state index in [1.807, 2.05) is 24.3 Å². The van der Waals surface area contributed by atoms with Crippen molar-refractivity contribution >= 4 is 29.5 Å². The molecule has 154 valence electrons. The van der Waals surface area contributed by atoms with E-state index in [0.717, 1.165) is 11.3 Å². The van der Waals surface area contributed by atoms with Crippen molar-refractivity contribution < 1.29 is 19.1 Å². The van der Waals surface area contributed by atoms with Crippen molar-refractivity contribution in [1.29, 1.82) is 0 Å². The van der Waals surface area contributed by atoms with Crippen LogP contribution in [-0.4, -0.2) is 42.9 Å². The molecule has 0 aliphatic carbocycles. The van der Waals surface area contributed by atoms with E-state index in [-0.39, 0.29) is 17.4 Å². The molecular formula is C23H18N4O4. The topological polar surface area (TPSA) is 93.5 Å². The molecule has 0 N–H and O–H groups in total. The van der Waals surface area contributed by atoms with E-state index in [9.17, 15) is 9.59 Å². The van der Waals surface area contributed by atoms with E-state index in [0.29, 0.717) is 16.9 Å². The number of hydrogen-bond acceptors (Lipinski definition) is 7. The van der Waals surface area contributed by atoms with Gasteiger partial charge in [-0.2, -0.15) is 5.10 Å². The Kier molecular flexibility index (Phi) is 5.53. The molecule has 0 bridgehead atoms. The Balaban J connectivity index is 1.53. The molecular weight excluding hydrogens is 396 g/mol. The summed E-state index contributed by atoms with van der Waals surface area (Å²) >= 11 is 0. The molecule has 1 amide bonds. The van der Waals surface area contributed by atoms with Crippen LogP contribution in [0, 0.1) is 0 Å². The van der Waals surface area contributed by atoms with E-state index < -0.39 is 5.97 Å². The lowest BCUT2D eigenvalue weighted by Gasteiger charge is -2.09. The van der Waals surface area contributed by atoms with Crippen LogP contribution < -0.4 is 14.4 Å². The molecule has 3 aromatic rings. The van der Waals surface area contributed by atoms with E-state index >= 15 is 0 Å². The smallest absolute Gasteiger partial charge is 0.345 e. The average Bonchev–Trinajstić information content (AvgIpc) is 3.05. The molecule has 0 radical (unpaired) electrons. The summed E-state index contributed by atoms with van der Waals surface area (Å²) in [5, 5.41) is 8.18. The van der Waals surface area contributed by atoms with Gasteiger partial charge in [0.2, 0.25) is 0 Å². The van der Waals surface area contributed by atoms with E-state index in [1.165, 1.54) is 24.4 Å². The van der Waals surface area contributed by atoms with Crippen LogP contribution in [-0.2, 0) is 4.79 Å². The van der Waals surface area contributed by atoms with Crippen LogP contribution in [0.2, 0.25) is 0 Å². The van der Waals surface area contributed by atoms with Gasteiger partial charge in [0.05, 0.1) is 24.6 Å². The SMILES string of the molecule is COc1cc(/C=N\N=C2/C(=O)N(C)c3ccccc32)ccc1OC(=O)c1cccnc1. The molecule has 1 aromatic heterocycles. The summed E-state index contributed by atoms with van der Waals surface area (Å²) in [6.07, 6.45) is 4.50. The minimum absolute atomic E-state index is 0.214. The third-order valence-electron chi connectivity index (χ3n) is 4.68. The number of para-hydroxylation sites is 1. The monoisotopic (exact) mass is 414 g/mol. The van der Waals surface area contributed by atoms with Gasteiger partial charge in [-0.1, -0.05) is 18.2 Å². The quantitative estimate of drug-likeness (QED) is 0.277. The summed E-state index contributed by atoms with van der Waals surface area (Å²) < 4.78 is 10.7. The molecule has 8 heteroatoms. The molecule has 0 saturated carbocycles. The second-order valence-corrected chi connectivity index (χ2v) is 6.62. The molecule has 0 saturated heterocycles. The van der Waals surface area contributed by atoms with Gasteiger partial charge >= 0.3 is 5.97 Å². The van der Waals surface area contributed by atoms with Crippen LogP contribution >= 0.6 is 0 Å². The van der Waals surface area contributed by atoms with E-state index in [1.54, 1.807) is 43.6 Å². The zero-order valence-corrected chi connectivity index (χ0v) is 16.9. The number of ether oxygens (including phenoxy) is 2. The number of pyridine rings is 1. The minimum Gasteiger partial charge on any atom is -0.493 e. The number of methoxy groups -OCH3 is 1. The Hall–Kier alpha value is -4.33. The first-order valence-electron chi connectivity index (χ1n) is 9.37. The molecule has 0 atom stereocenters. The molecule has 31 heavy (non-hydrogen) atoms. The Morgan fingerprint density at radius 2 is 1.94 bits per heavy atom. The van der Waals surface area contributed by atoms with Gasteiger partial charge in [-0.25, -0.2) is 4.79 Å². The van der Waals surface area contributed by atoms with Crippen molar-refractivity contribution in [3.05, 3.63) is 83.7 Å². The summed E-state index contributed by atoms with van der Waals surface area (Å²) in [6, 6.07) is 15.6. The van der Waals surface area contributed by atoms with E-state index in [2.05, 4.69) is 15.2 Å². The second kappa shape index (κ2) is 8.58. The Bertz CT molecular complexity index is 1210. The van der Waals surface area contributed by atoms with Crippen molar-refractivity contribution in [2.24, 2.45) is 10.2 Å². The van der Waals surface area contributed by atoms with Crippen LogP contribution in [0.1, 0.15) is 21.5 Å². The number of carbonyl (C=O) groups is 2. The van der Waals surface area contributed by atoms with Gasteiger partial charge in [0, 0.05) is 25.0 Å². The van der Waals surface area contributed by atoms with Gasteiger partial charge in [-0.05, 0) is 42.0 Å². The van der Waals surface area contributed by atoms with Gasteiger partial charge < -0.3 is 14.4 Å². The normalized spacial score (nSPS) is 14.2. The summed E-state index contributed by atoms with van der Waals surface area (Å²) in [4.78, 5) is 30.1. The number of aromatic nitrogens is 1. The fourth-order valence-corrected chi connectivity index (χ4v) is 3.09. The van der Waals surface area contributed by atoms with Crippen LogP contribution in [0.5, 0.6) is 11.5 Å². The summed E-state index contributed by atoms with van der Waals surface area (Å²) in [5.41, 5.74) is 2.81. The lowest BCUT2D eigenvalue weighted by Crippen LogP contribution is -2.25. The van der Waals surface area contributed by atoms with Gasteiger partial charge in [-0.3, -0.25) is 9.78 Å². The van der Waals surface area contributed by atoms with Crippen molar-refractivity contribution in [2.75, 3.05) is 19.1 Å². The number of anilines is 1. The summed E-state index contributed by atoms with van der Waals surface area (Å²) in [7, 11) is 3.17. The predicted octanol–water partition coefficient (Wildman–Crippen LogP) is 3.11. The number of benzene rings is 2. The lowest BCUT2D eigenvalue weighted by atomic mass is 10.1. The fraction of sp³-hybridized carbons (Fsp3) is 0.0870. The largest absolute Gasteiger partial charge is 0.493 e. The Morgan fingerprint density at radius 1 is 1.10 bits per heavy atom. The third-order valence-corrected chi connectivity index (χ3v) is 4.68. The zero-order valence-electron chi connectivity index (χ0n) is 16.9. The second-order valence-electron chi connectivity index (χ2n) is 6.62. The number of carbonyl (C=O) groups excluding carboxylic acids is 2. The number of nitrogens with zero attached hydrogens (tertiary/aromatic N) is 4. The van der Waals surface area contributed by atoms with Crippen LogP contribution in [0.15, 0.2) is 77.2 Å². The molecule has 8 nitrogen and oxygen atoms in total. The standard InChI is InChI=1S/C23H18N4O4/c1-27-18-8-4-3-7-17(18)21(22(27)28)26-25-13-15-9-10-19(20(12-15)30-2)31-23(29)16-6-5-11-24-14-16/h3-14H,1-2H3/b25-13-,26-21-. The maximum Gasteiger partial charge on any atom is 0.345 e. The van der Waals surface area contributed by atoms with Gasteiger partial charge in [0.1, 0.15) is 0 Å². The molecule has 0 spiro atoms.